The van der Waals surface area contributed by atoms with Gasteiger partial charge in [0.1, 0.15) is 23.2 Å². The molecule has 2 aromatic rings. The average Bonchev–Trinajstić information content (AvgIpc) is 3.22. The number of hydrogen-bond donors (Lipinski definition) is 1. The zero-order chi connectivity index (χ0) is 15.1. The standard InChI is InChI=1S/C15H16F3N3/c1-2-5-21-14(19)13(20-15(21)8-3-4-8)9-6-11(17)12(18)7-10(9)16/h6-8H,2-5,19H2,1H3. The van der Waals surface area contributed by atoms with E-state index >= 15 is 0 Å². The highest BCUT2D eigenvalue weighted by Gasteiger charge is 2.31. The van der Waals surface area contributed by atoms with Gasteiger partial charge in [-0.15, -0.1) is 0 Å². The van der Waals surface area contributed by atoms with Crippen LogP contribution < -0.4 is 5.73 Å². The fourth-order valence-corrected chi connectivity index (χ4v) is 2.50. The summed E-state index contributed by atoms with van der Waals surface area (Å²) in [5, 5.41) is 0. The van der Waals surface area contributed by atoms with Crippen LogP contribution in [0.2, 0.25) is 0 Å². The highest BCUT2D eigenvalue weighted by atomic mass is 19.2. The molecule has 2 N–H and O–H groups in total. The highest BCUT2D eigenvalue weighted by Crippen LogP contribution is 2.42. The molecular formula is C15H16F3N3. The molecule has 1 aromatic heterocycles. The third kappa shape index (κ3) is 2.39. The highest BCUT2D eigenvalue weighted by molar-refractivity contribution is 5.72. The molecule has 1 heterocycles. The van der Waals surface area contributed by atoms with Gasteiger partial charge in [-0.2, -0.15) is 0 Å². The van der Waals surface area contributed by atoms with Crippen LogP contribution >= 0.6 is 0 Å². The van der Waals surface area contributed by atoms with E-state index in [0.717, 1.165) is 31.2 Å². The Hall–Kier alpha value is -1.98. The van der Waals surface area contributed by atoms with E-state index in [2.05, 4.69) is 4.98 Å². The summed E-state index contributed by atoms with van der Waals surface area (Å²) in [5.74, 6) is -1.73. The first-order valence-corrected chi connectivity index (χ1v) is 7.03. The molecule has 1 aromatic carbocycles. The monoisotopic (exact) mass is 295 g/mol. The average molecular weight is 295 g/mol. The lowest BCUT2D eigenvalue weighted by atomic mass is 10.1. The molecule has 1 fully saturated rings. The van der Waals surface area contributed by atoms with E-state index in [1.54, 1.807) is 0 Å². The Morgan fingerprint density at radius 1 is 1.19 bits per heavy atom. The van der Waals surface area contributed by atoms with Gasteiger partial charge in [-0.1, -0.05) is 6.92 Å². The van der Waals surface area contributed by atoms with Crippen LogP contribution in [-0.2, 0) is 6.54 Å². The van der Waals surface area contributed by atoms with E-state index in [9.17, 15) is 13.2 Å². The quantitative estimate of drug-likeness (QED) is 0.871. The van der Waals surface area contributed by atoms with Crippen LogP contribution in [0.4, 0.5) is 19.0 Å². The lowest BCUT2D eigenvalue weighted by molar-refractivity contribution is 0.496. The van der Waals surface area contributed by atoms with Crippen molar-refractivity contribution in [2.24, 2.45) is 0 Å². The number of nitrogens with two attached hydrogens (primary N) is 1. The molecule has 6 heteroatoms. The third-order valence-corrected chi connectivity index (χ3v) is 3.69. The second-order valence-electron chi connectivity index (χ2n) is 5.38. The summed E-state index contributed by atoms with van der Waals surface area (Å²) in [6, 6.07) is 1.34. The molecule has 1 aliphatic rings. The Labute approximate surface area is 120 Å². The number of nitrogen functional groups attached to an aromatic ring is 1. The van der Waals surface area contributed by atoms with Crippen molar-refractivity contribution in [2.45, 2.75) is 38.6 Å². The van der Waals surface area contributed by atoms with Crippen molar-refractivity contribution in [1.29, 1.82) is 0 Å². The van der Waals surface area contributed by atoms with Gasteiger partial charge < -0.3 is 10.3 Å². The number of benzene rings is 1. The van der Waals surface area contributed by atoms with Crippen LogP contribution in [-0.4, -0.2) is 9.55 Å². The number of anilines is 1. The van der Waals surface area contributed by atoms with Crippen molar-refractivity contribution in [3.63, 3.8) is 0 Å². The van der Waals surface area contributed by atoms with Gasteiger partial charge in [-0.3, -0.25) is 0 Å². The number of rotatable bonds is 4. The van der Waals surface area contributed by atoms with Gasteiger partial charge in [0.15, 0.2) is 11.6 Å². The van der Waals surface area contributed by atoms with Gasteiger partial charge in [0.05, 0.1) is 0 Å². The van der Waals surface area contributed by atoms with Crippen LogP contribution in [0.25, 0.3) is 11.3 Å². The molecule has 0 aliphatic heterocycles. The summed E-state index contributed by atoms with van der Waals surface area (Å²) >= 11 is 0. The van der Waals surface area contributed by atoms with Gasteiger partial charge in [0.2, 0.25) is 0 Å². The summed E-state index contributed by atoms with van der Waals surface area (Å²) < 4.78 is 42.2. The summed E-state index contributed by atoms with van der Waals surface area (Å²) in [4.78, 5) is 4.40. The summed E-state index contributed by atoms with van der Waals surface area (Å²) in [5.41, 5.74) is 6.16. The molecule has 1 saturated carbocycles. The normalized spacial score (nSPS) is 14.7. The Balaban J connectivity index is 2.14. The van der Waals surface area contributed by atoms with E-state index in [-0.39, 0.29) is 11.3 Å². The minimum atomic E-state index is -1.22. The molecule has 3 rings (SSSR count). The molecule has 0 bridgehead atoms. The fraction of sp³-hybridized carbons (Fsp3) is 0.400. The maximum absolute atomic E-state index is 13.9. The van der Waals surface area contributed by atoms with E-state index in [1.807, 2.05) is 11.5 Å². The second-order valence-corrected chi connectivity index (χ2v) is 5.38. The molecule has 0 amide bonds. The second kappa shape index (κ2) is 5.09. The van der Waals surface area contributed by atoms with Crippen molar-refractivity contribution in [3.05, 3.63) is 35.4 Å². The molecule has 3 nitrogen and oxygen atoms in total. The van der Waals surface area contributed by atoms with Crippen molar-refractivity contribution in [3.8, 4) is 11.3 Å². The Morgan fingerprint density at radius 3 is 2.48 bits per heavy atom. The smallest absolute Gasteiger partial charge is 0.161 e. The number of nitrogens with zero attached hydrogens (tertiary/aromatic N) is 2. The maximum atomic E-state index is 13.9. The van der Waals surface area contributed by atoms with Gasteiger partial charge in [0, 0.05) is 24.1 Å². The van der Waals surface area contributed by atoms with Crippen LogP contribution in [0.5, 0.6) is 0 Å². The van der Waals surface area contributed by atoms with Gasteiger partial charge in [-0.05, 0) is 25.3 Å². The molecule has 112 valence electrons. The van der Waals surface area contributed by atoms with E-state index in [4.69, 9.17) is 5.73 Å². The zero-order valence-electron chi connectivity index (χ0n) is 11.7. The SMILES string of the molecule is CCCn1c(C2CC2)nc(-c2cc(F)c(F)cc2F)c1N. The summed E-state index contributed by atoms with van der Waals surface area (Å²) in [7, 11) is 0. The van der Waals surface area contributed by atoms with E-state index < -0.39 is 17.5 Å². The molecule has 21 heavy (non-hydrogen) atoms. The van der Waals surface area contributed by atoms with Gasteiger partial charge in [0.25, 0.3) is 0 Å². The molecule has 1 aliphatic carbocycles. The lowest BCUT2D eigenvalue weighted by Crippen LogP contribution is -2.06. The van der Waals surface area contributed by atoms with Crippen molar-refractivity contribution in [1.82, 2.24) is 9.55 Å². The maximum Gasteiger partial charge on any atom is 0.161 e. The van der Waals surface area contributed by atoms with Gasteiger partial charge >= 0.3 is 0 Å². The van der Waals surface area contributed by atoms with Crippen LogP contribution in [0.15, 0.2) is 12.1 Å². The van der Waals surface area contributed by atoms with Crippen molar-refractivity contribution in [2.75, 3.05) is 5.73 Å². The van der Waals surface area contributed by atoms with Crippen LogP contribution in [0.1, 0.15) is 37.9 Å². The Kier molecular flexibility index (Phi) is 3.39. The first-order valence-electron chi connectivity index (χ1n) is 7.03. The van der Waals surface area contributed by atoms with Crippen LogP contribution in [0.3, 0.4) is 0 Å². The van der Waals surface area contributed by atoms with Crippen molar-refractivity contribution >= 4 is 5.82 Å². The Morgan fingerprint density at radius 2 is 1.86 bits per heavy atom. The molecule has 0 atom stereocenters. The number of halogens is 3. The first kappa shape index (κ1) is 14.0. The largest absolute Gasteiger partial charge is 0.383 e. The molecule has 0 spiro atoms. The zero-order valence-corrected chi connectivity index (χ0v) is 11.7. The predicted molar refractivity (Wildman–Crippen MR) is 74.2 cm³/mol. The lowest BCUT2D eigenvalue weighted by Gasteiger charge is -2.07. The van der Waals surface area contributed by atoms with Crippen LogP contribution in [0, 0.1) is 17.5 Å². The number of hydrogen-bond acceptors (Lipinski definition) is 2. The fourth-order valence-electron chi connectivity index (χ4n) is 2.50. The molecular weight excluding hydrogens is 279 g/mol. The van der Waals surface area contributed by atoms with Crippen molar-refractivity contribution < 1.29 is 13.2 Å². The number of aromatic nitrogens is 2. The first-order chi connectivity index (χ1) is 10.0. The third-order valence-electron chi connectivity index (χ3n) is 3.69. The summed E-state index contributed by atoms with van der Waals surface area (Å²) in [6.07, 6.45) is 2.92. The van der Waals surface area contributed by atoms with E-state index in [0.29, 0.717) is 24.3 Å². The molecule has 0 saturated heterocycles. The minimum absolute atomic E-state index is 0.0943. The molecule has 0 unspecified atom stereocenters. The molecule has 0 radical (unpaired) electrons. The Bertz CT molecular complexity index is 690. The minimum Gasteiger partial charge on any atom is -0.383 e. The summed E-state index contributed by atoms with van der Waals surface area (Å²) in [6.45, 7) is 2.68. The van der Waals surface area contributed by atoms with E-state index in [1.165, 1.54) is 0 Å². The van der Waals surface area contributed by atoms with Gasteiger partial charge in [-0.25, -0.2) is 18.2 Å². The topological polar surface area (TPSA) is 43.8 Å². The predicted octanol–water partition coefficient (Wildman–Crippen LogP) is 3.84. The number of imidazole rings is 1.